The second kappa shape index (κ2) is 9.18. The molecule has 3 aliphatic carbocycles. The molecule has 0 N–H and O–H groups in total. The summed E-state index contributed by atoms with van der Waals surface area (Å²) in [6.45, 7) is 12.0. The van der Waals surface area contributed by atoms with E-state index >= 15 is 0 Å². The van der Waals surface area contributed by atoms with Crippen molar-refractivity contribution in [2.75, 3.05) is 0 Å². The molecule has 174 valence electrons. The maximum Gasteiger partial charge on any atom is 0.389 e. The van der Waals surface area contributed by atoms with Crippen LogP contribution >= 0.6 is 0 Å². The van der Waals surface area contributed by atoms with Crippen molar-refractivity contribution in [2.45, 2.75) is 118 Å². The van der Waals surface area contributed by atoms with Gasteiger partial charge in [0.05, 0.1) is 0 Å². The number of fused-ring (bicyclic) bond motifs is 3. The van der Waals surface area contributed by atoms with Crippen LogP contribution in [-0.2, 0) is 0 Å². The topological polar surface area (TPSA) is 0 Å². The molecule has 2 saturated carbocycles. The van der Waals surface area contributed by atoms with Gasteiger partial charge in [0.2, 0.25) is 0 Å². The van der Waals surface area contributed by atoms with E-state index in [1.165, 1.54) is 57.8 Å². The Morgan fingerprint density at radius 3 is 2.43 bits per heavy atom. The van der Waals surface area contributed by atoms with Crippen LogP contribution in [0, 0.1) is 40.4 Å². The van der Waals surface area contributed by atoms with Crippen molar-refractivity contribution in [3.05, 3.63) is 11.6 Å². The quantitative estimate of drug-likeness (QED) is 0.339. The van der Waals surface area contributed by atoms with Gasteiger partial charge in [-0.05, 0) is 98.2 Å². The highest BCUT2D eigenvalue weighted by molar-refractivity contribution is 5.23. The SMILES string of the molecule is CCCCC1=CC[C@H]2[C@@H]3CC[C@H]([C@H](C)CCCC(F)(F)F)[C@@]3(C)CC[C@@H]2[C@@]1(C)CC. The van der Waals surface area contributed by atoms with E-state index in [4.69, 9.17) is 0 Å². The fourth-order valence-electron chi connectivity index (χ4n) is 8.20. The van der Waals surface area contributed by atoms with Gasteiger partial charge in [-0.3, -0.25) is 0 Å². The number of halogens is 3. The molecule has 0 aliphatic heterocycles. The van der Waals surface area contributed by atoms with Crippen molar-refractivity contribution < 1.29 is 13.2 Å². The molecular formula is C27H45F3. The Labute approximate surface area is 183 Å². The normalized spacial score (nSPS) is 39.9. The smallest absolute Gasteiger partial charge is 0.171 e. The first-order chi connectivity index (χ1) is 14.1. The Kier molecular flexibility index (Phi) is 7.40. The Morgan fingerprint density at radius 2 is 1.80 bits per heavy atom. The van der Waals surface area contributed by atoms with E-state index in [1.807, 2.05) is 0 Å². The molecule has 30 heavy (non-hydrogen) atoms. The first-order valence-electron chi connectivity index (χ1n) is 12.8. The molecule has 0 unspecified atom stereocenters. The molecule has 0 heterocycles. The van der Waals surface area contributed by atoms with Gasteiger partial charge in [0.25, 0.3) is 0 Å². The zero-order chi connectivity index (χ0) is 22.2. The lowest BCUT2D eigenvalue weighted by Crippen LogP contribution is -2.49. The summed E-state index contributed by atoms with van der Waals surface area (Å²) in [5.41, 5.74) is 2.42. The van der Waals surface area contributed by atoms with Crippen LogP contribution < -0.4 is 0 Å². The predicted octanol–water partition coefficient (Wildman–Crippen LogP) is 9.35. The summed E-state index contributed by atoms with van der Waals surface area (Å²) in [6.07, 6.45) is 10.5. The number of hydrogen-bond acceptors (Lipinski definition) is 0. The average Bonchev–Trinajstić information content (AvgIpc) is 3.03. The predicted molar refractivity (Wildman–Crippen MR) is 120 cm³/mol. The second-order valence-electron chi connectivity index (χ2n) is 11.4. The Bertz CT molecular complexity index is 606. The third kappa shape index (κ3) is 4.51. The molecule has 0 aromatic heterocycles. The van der Waals surface area contributed by atoms with Gasteiger partial charge >= 0.3 is 6.18 Å². The lowest BCUT2D eigenvalue weighted by molar-refractivity contribution is -0.136. The van der Waals surface area contributed by atoms with Crippen LogP contribution in [0.2, 0.25) is 0 Å². The Hall–Kier alpha value is -0.470. The molecule has 7 atom stereocenters. The Morgan fingerprint density at radius 1 is 1.07 bits per heavy atom. The van der Waals surface area contributed by atoms with Crippen LogP contribution in [0.4, 0.5) is 13.2 Å². The minimum atomic E-state index is -4.01. The molecule has 0 aromatic rings. The first kappa shape index (κ1) is 24.2. The summed E-state index contributed by atoms with van der Waals surface area (Å²) in [4.78, 5) is 0. The van der Waals surface area contributed by atoms with Crippen LogP contribution in [0.3, 0.4) is 0 Å². The van der Waals surface area contributed by atoms with Crippen LogP contribution in [0.5, 0.6) is 0 Å². The molecule has 3 heteroatoms. The van der Waals surface area contributed by atoms with E-state index in [1.54, 1.807) is 5.57 Å². The van der Waals surface area contributed by atoms with Gasteiger partial charge in [0.15, 0.2) is 0 Å². The summed E-state index contributed by atoms with van der Waals surface area (Å²) < 4.78 is 37.9. The van der Waals surface area contributed by atoms with Gasteiger partial charge in [0, 0.05) is 6.42 Å². The molecule has 0 amide bonds. The third-order valence-electron chi connectivity index (χ3n) is 10.0. The van der Waals surface area contributed by atoms with Crippen molar-refractivity contribution in [3.63, 3.8) is 0 Å². The molecule has 0 spiro atoms. The number of rotatable bonds is 8. The number of alkyl halides is 3. The summed E-state index contributed by atoms with van der Waals surface area (Å²) in [5.74, 6) is 3.37. The van der Waals surface area contributed by atoms with Gasteiger partial charge in [0.1, 0.15) is 0 Å². The number of allylic oxidation sites excluding steroid dienone is 2. The highest BCUT2D eigenvalue weighted by Gasteiger charge is 2.58. The van der Waals surface area contributed by atoms with E-state index in [2.05, 4.69) is 40.7 Å². The maximum absolute atomic E-state index is 12.6. The van der Waals surface area contributed by atoms with E-state index in [-0.39, 0.29) is 0 Å². The molecule has 0 aromatic carbocycles. The van der Waals surface area contributed by atoms with E-state index in [9.17, 15) is 13.2 Å². The van der Waals surface area contributed by atoms with Crippen LogP contribution in [0.1, 0.15) is 112 Å². The van der Waals surface area contributed by atoms with E-state index in [0.29, 0.717) is 29.1 Å². The summed E-state index contributed by atoms with van der Waals surface area (Å²) in [5, 5.41) is 0. The lowest BCUT2D eigenvalue weighted by Gasteiger charge is -2.57. The highest BCUT2D eigenvalue weighted by Crippen LogP contribution is 2.66. The minimum absolute atomic E-state index is 0.297. The lowest BCUT2D eigenvalue weighted by atomic mass is 9.48. The van der Waals surface area contributed by atoms with Crippen molar-refractivity contribution in [3.8, 4) is 0 Å². The Balaban J connectivity index is 1.73. The first-order valence-corrected chi connectivity index (χ1v) is 12.8. The average molecular weight is 427 g/mol. The van der Waals surface area contributed by atoms with Crippen LogP contribution in [-0.4, -0.2) is 6.18 Å². The maximum atomic E-state index is 12.6. The molecule has 3 aliphatic rings. The van der Waals surface area contributed by atoms with Crippen LogP contribution in [0.15, 0.2) is 11.6 Å². The number of hydrogen-bond donors (Lipinski definition) is 0. The zero-order valence-corrected chi connectivity index (χ0v) is 20.1. The summed E-state index contributed by atoms with van der Waals surface area (Å²) in [7, 11) is 0. The standard InChI is InChI=1S/C27H45F3/c1-6-8-11-20-12-13-21-23-15-14-22(19(3)10-9-17-27(28,29)30)26(23,5)18-16-24(21)25(20,4)7-2/h12,19,21-24H,6-11,13-18H2,1-5H3/t19-,21+,22-,23+,24+,25+,26-/m1/s1. The van der Waals surface area contributed by atoms with Crippen molar-refractivity contribution in [1.29, 1.82) is 0 Å². The van der Waals surface area contributed by atoms with Crippen molar-refractivity contribution in [2.24, 2.45) is 40.4 Å². The van der Waals surface area contributed by atoms with Crippen molar-refractivity contribution in [1.82, 2.24) is 0 Å². The van der Waals surface area contributed by atoms with E-state index in [0.717, 1.165) is 24.2 Å². The fraction of sp³-hybridized carbons (Fsp3) is 0.926. The largest absolute Gasteiger partial charge is 0.389 e. The third-order valence-corrected chi connectivity index (χ3v) is 10.0. The molecule has 0 nitrogen and oxygen atoms in total. The summed E-state index contributed by atoms with van der Waals surface area (Å²) in [6, 6.07) is 0. The minimum Gasteiger partial charge on any atom is -0.171 e. The van der Waals surface area contributed by atoms with Crippen molar-refractivity contribution >= 4 is 0 Å². The summed E-state index contributed by atoms with van der Waals surface area (Å²) >= 11 is 0. The van der Waals surface area contributed by atoms with Gasteiger partial charge in [-0.2, -0.15) is 13.2 Å². The molecule has 0 saturated heterocycles. The zero-order valence-electron chi connectivity index (χ0n) is 20.1. The van der Waals surface area contributed by atoms with Gasteiger partial charge in [-0.1, -0.05) is 59.1 Å². The van der Waals surface area contributed by atoms with Gasteiger partial charge < -0.3 is 0 Å². The van der Waals surface area contributed by atoms with Gasteiger partial charge in [-0.25, -0.2) is 0 Å². The molecular weight excluding hydrogens is 381 g/mol. The monoisotopic (exact) mass is 426 g/mol. The fourth-order valence-corrected chi connectivity index (χ4v) is 8.20. The molecule has 2 fully saturated rings. The van der Waals surface area contributed by atoms with E-state index < -0.39 is 12.6 Å². The van der Waals surface area contributed by atoms with Crippen LogP contribution in [0.25, 0.3) is 0 Å². The highest BCUT2D eigenvalue weighted by atomic mass is 19.4. The molecule has 0 radical (unpaired) electrons. The number of unbranched alkanes of at least 4 members (excludes halogenated alkanes) is 1. The second-order valence-corrected chi connectivity index (χ2v) is 11.4. The molecule has 3 rings (SSSR count). The molecule has 0 bridgehead atoms. The van der Waals surface area contributed by atoms with Gasteiger partial charge in [-0.15, -0.1) is 0 Å².